The van der Waals surface area contributed by atoms with Gasteiger partial charge in [0.05, 0.1) is 24.6 Å². The maximum Gasteiger partial charge on any atom is 0.341 e. The number of hydrogen-bond donors (Lipinski definition) is 2. The van der Waals surface area contributed by atoms with Crippen LogP contribution in [0.1, 0.15) is 46.3 Å². The summed E-state index contributed by atoms with van der Waals surface area (Å²) in [5.74, 6) is 0.601. The fourth-order valence-electron chi connectivity index (χ4n) is 6.11. The van der Waals surface area contributed by atoms with Gasteiger partial charge in [0.25, 0.3) is 0 Å². The average molecular weight is 522 g/mol. The third-order valence-corrected chi connectivity index (χ3v) is 8.12. The molecule has 4 aliphatic rings. The standard InChI is InChI=1S/C27H28FN5O5/c1-37-26-22-18(24(34)19(27(35)36)13-33(22)16-2-3-16)10-20(28)23(26)32-6-4-31(5-7-32)12-17-9-14-8-15-11-29-30-21(15)25(14)38-17/h9-10,13,15-16,29H,2-8,11-12H2,1H3,(H,35,36). The van der Waals surface area contributed by atoms with E-state index < -0.39 is 17.2 Å². The van der Waals surface area contributed by atoms with Gasteiger partial charge in [0, 0.05) is 56.4 Å². The zero-order chi connectivity index (χ0) is 26.1. The van der Waals surface area contributed by atoms with Crippen molar-refractivity contribution in [2.45, 2.75) is 31.8 Å². The Morgan fingerprint density at radius 2 is 2.05 bits per heavy atom. The first-order valence-corrected chi connectivity index (χ1v) is 13.0. The van der Waals surface area contributed by atoms with Crippen LogP contribution in [0.3, 0.4) is 0 Å². The minimum absolute atomic E-state index is 0.0312. The van der Waals surface area contributed by atoms with Crippen LogP contribution in [0.25, 0.3) is 10.9 Å². The van der Waals surface area contributed by atoms with Gasteiger partial charge in [-0.15, -0.1) is 0 Å². The number of carboxylic acids is 1. The summed E-state index contributed by atoms with van der Waals surface area (Å²) in [5.41, 5.74) is 5.00. The molecule has 10 nitrogen and oxygen atoms in total. The Labute approximate surface area is 217 Å². The number of carbonyl (C=O) groups is 1. The molecule has 38 heavy (non-hydrogen) atoms. The van der Waals surface area contributed by atoms with Crippen molar-refractivity contribution in [3.05, 3.63) is 57.0 Å². The van der Waals surface area contributed by atoms with Crippen LogP contribution in [0.4, 0.5) is 10.1 Å². The molecular formula is C27H28FN5O5. The highest BCUT2D eigenvalue weighted by molar-refractivity contribution is 6.05. The van der Waals surface area contributed by atoms with E-state index >= 15 is 4.39 Å². The molecular weight excluding hydrogens is 493 g/mol. The maximum atomic E-state index is 15.6. The van der Waals surface area contributed by atoms with Crippen molar-refractivity contribution in [3.63, 3.8) is 0 Å². The van der Waals surface area contributed by atoms with Crippen LogP contribution in [0, 0.1) is 11.7 Å². The van der Waals surface area contributed by atoms with Gasteiger partial charge in [-0.3, -0.25) is 9.69 Å². The summed E-state index contributed by atoms with van der Waals surface area (Å²) in [4.78, 5) is 28.9. The van der Waals surface area contributed by atoms with E-state index in [4.69, 9.17) is 9.15 Å². The Morgan fingerprint density at radius 3 is 2.76 bits per heavy atom. The molecule has 198 valence electrons. The number of furan rings is 1. The monoisotopic (exact) mass is 521 g/mol. The Morgan fingerprint density at radius 1 is 1.26 bits per heavy atom. The molecule has 3 aromatic rings. The van der Waals surface area contributed by atoms with Crippen molar-refractivity contribution in [2.75, 3.05) is 44.7 Å². The lowest BCUT2D eigenvalue weighted by Gasteiger charge is -2.36. The summed E-state index contributed by atoms with van der Waals surface area (Å²) in [6.07, 6.45) is 4.07. The van der Waals surface area contributed by atoms with Crippen LogP contribution in [0.15, 0.2) is 32.6 Å². The molecule has 11 heteroatoms. The van der Waals surface area contributed by atoms with Crippen LogP contribution >= 0.6 is 0 Å². The van der Waals surface area contributed by atoms with Gasteiger partial charge in [0.1, 0.15) is 22.7 Å². The van der Waals surface area contributed by atoms with Crippen LogP contribution < -0.4 is 20.5 Å². The fourth-order valence-corrected chi connectivity index (χ4v) is 6.11. The number of piperazine rings is 1. The summed E-state index contributed by atoms with van der Waals surface area (Å²) >= 11 is 0. The van der Waals surface area contributed by atoms with Gasteiger partial charge >= 0.3 is 5.97 Å². The summed E-state index contributed by atoms with van der Waals surface area (Å²) in [5, 5.41) is 14.0. The lowest BCUT2D eigenvalue weighted by atomic mass is 10.1. The number of hydrazone groups is 1. The lowest BCUT2D eigenvalue weighted by molar-refractivity contribution is 0.0694. The molecule has 2 aliphatic heterocycles. The number of ether oxygens (including phenoxy) is 1. The number of carboxylic acid groups (broad SMARTS) is 1. The van der Waals surface area contributed by atoms with Gasteiger partial charge < -0.3 is 29.2 Å². The SMILES string of the molecule is COc1c(N2CCN(Cc3cc4c(o3)C3=NNCC3C4)CC2)c(F)cc2c(=O)c(C(=O)O)cn(C3CC3)c12. The highest BCUT2D eigenvalue weighted by atomic mass is 19.1. The van der Waals surface area contributed by atoms with Crippen molar-refractivity contribution in [1.29, 1.82) is 0 Å². The molecule has 1 atom stereocenters. The number of aromatic nitrogens is 1. The van der Waals surface area contributed by atoms with Crippen LogP contribution in [-0.4, -0.2) is 66.1 Å². The molecule has 1 saturated heterocycles. The molecule has 0 spiro atoms. The molecule has 0 radical (unpaired) electrons. The molecule has 1 saturated carbocycles. The topological polar surface area (TPSA) is 113 Å². The number of nitrogens with zero attached hydrogens (tertiary/aromatic N) is 4. The van der Waals surface area contributed by atoms with E-state index in [2.05, 4.69) is 21.5 Å². The summed E-state index contributed by atoms with van der Waals surface area (Å²) in [6, 6.07) is 3.37. The van der Waals surface area contributed by atoms with Crippen LogP contribution in [-0.2, 0) is 13.0 Å². The number of anilines is 1. The second-order valence-corrected chi connectivity index (χ2v) is 10.5. The zero-order valence-corrected chi connectivity index (χ0v) is 21.0. The first-order valence-electron chi connectivity index (χ1n) is 13.0. The molecule has 2 aliphatic carbocycles. The van der Waals surface area contributed by atoms with Gasteiger partial charge in [0.15, 0.2) is 17.3 Å². The number of pyridine rings is 1. The fraction of sp³-hybridized carbons (Fsp3) is 0.444. The van der Waals surface area contributed by atoms with Gasteiger partial charge in [0.2, 0.25) is 5.43 Å². The molecule has 1 unspecified atom stereocenters. The highest BCUT2D eigenvalue weighted by Gasteiger charge is 2.36. The molecule has 0 bridgehead atoms. The van der Waals surface area contributed by atoms with E-state index in [1.807, 2.05) is 4.90 Å². The number of halogens is 1. The van der Waals surface area contributed by atoms with E-state index in [1.165, 1.54) is 24.9 Å². The van der Waals surface area contributed by atoms with Crippen LogP contribution in [0.2, 0.25) is 0 Å². The van der Waals surface area contributed by atoms with E-state index in [9.17, 15) is 14.7 Å². The van der Waals surface area contributed by atoms with E-state index in [-0.39, 0.29) is 22.7 Å². The largest absolute Gasteiger partial charge is 0.492 e. The third-order valence-electron chi connectivity index (χ3n) is 8.12. The number of nitrogens with one attached hydrogen (secondary N) is 1. The van der Waals surface area contributed by atoms with Crippen molar-refractivity contribution < 1.29 is 23.4 Å². The summed E-state index contributed by atoms with van der Waals surface area (Å²) < 4.78 is 29.3. The molecule has 1 aromatic carbocycles. The Balaban J connectivity index is 1.16. The normalized spacial score (nSPS) is 20.8. The van der Waals surface area contributed by atoms with Gasteiger partial charge in [-0.05, 0) is 31.4 Å². The van der Waals surface area contributed by atoms with Crippen molar-refractivity contribution in [1.82, 2.24) is 14.9 Å². The Bertz CT molecular complexity index is 1560. The van der Waals surface area contributed by atoms with Crippen molar-refractivity contribution in [2.24, 2.45) is 11.0 Å². The van der Waals surface area contributed by atoms with E-state index in [1.54, 1.807) is 4.57 Å². The van der Waals surface area contributed by atoms with E-state index in [0.717, 1.165) is 43.0 Å². The van der Waals surface area contributed by atoms with Gasteiger partial charge in [-0.2, -0.15) is 5.10 Å². The average Bonchev–Trinajstić information content (AvgIpc) is 3.39. The first-order chi connectivity index (χ1) is 18.4. The Hall–Kier alpha value is -3.86. The number of rotatable bonds is 6. The summed E-state index contributed by atoms with van der Waals surface area (Å²) in [6.45, 7) is 4.07. The molecule has 7 rings (SSSR count). The van der Waals surface area contributed by atoms with E-state index in [0.29, 0.717) is 49.8 Å². The molecule has 4 heterocycles. The van der Waals surface area contributed by atoms with Gasteiger partial charge in [-0.25, -0.2) is 9.18 Å². The minimum atomic E-state index is -1.32. The molecule has 2 fully saturated rings. The lowest BCUT2D eigenvalue weighted by Crippen LogP contribution is -2.46. The quantitative estimate of drug-likeness (QED) is 0.509. The second kappa shape index (κ2) is 8.59. The number of methoxy groups -OCH3 is 1. The van der Waals surface area contributed by atoms with Crippen molar-refractivity contribution in [3.8, 4) is 5.75 Å². The van der Waals surface area contributed by atoms with Crippen LogP contribution in [0.5, 0.6) is 5.75 Å². The highest BCUT2D eigenvalue weighted by Crippen LogP contribution is 2.44. The number of fused-ring (bicyclic) bond motifs is 4. The molecule has 2 N–H and O–H groups in total. The zero-order valence-electron chi connectivity index (χ0n) is 21.0. The second-order valence-electron chi connectivity index (χ2n) is 10.5. The van der Waals surface area contributed by atoms with Crippen molar-refractivity contribution >= 4 is 28.3 Å². The first kappa shape index (κ1) is 23.3. The molecule has 2 aromatic heterocycles. The van der Waals surface area contributed by atoms with Gasteiger partial charge in [-0.1, -0.05) is 0 Å². The predicted molar refractivity (Wildman–Crippen MR) is 138 cm³/mol. The summed E-state index contributed by atoms with van der Waals surface area (Å²) in [7, 11) is 1.46. The smallest absolute Gasteiger partial charge is 0.341 e. The minimum Gasteiger partial charge on any atom is -0.492 e. The molecule has 0 amide bonds. The Kier molecular flexibility index (Phi) is 5.26. The maximum absolute atomic E-state index is 15.6. The number of benzene rings is 1. The third kappa shape index (κ3) is 3.59. The number of aromatic carboxylic acids is 1. The number of hydrogen-bond acceptors (Lipinski definition) is 8. The predicted octanol–water partition coefficient (Wildman–Crippen LogP) is 2.58.